The number of nitrogens with one attached hydrogen (secondary N) is 1. The number of hydrogen-bond acceptors (Lipinski definition) is 6. The quantitative estimate of drug-likeness (QED) is 0.193. The second kappa shape index (κ2) is 11.9. The molecule has 0 fully saturated rings. The summed E-state index contributed by atoms with van der Waals surface area (Å²) < 4.78 is 5.49. The zero-order chi connectivity index (χ0) is 24.6. The maximum Gasteiger partial charge on any atom is 0.275 e. The molecule has 0 saturated carbocycles. The number of ether oxygens (including phenoxy) is 1. The molecule has 0 atom stereocenters. The van der Waals surface area contributed by atoms with Crippen molar-refractivity contribution < 1.29 is 9.53 Å². The first kappa shape index (κ1) is 24.8. The highest BCUT2D eigenvalue weighted by Crippen LogP contribution is 2.31. The average molecular weight is 502 g/mol. The summed E-state index contributed by atoms with van der Waals surface area (Å²) in [5.41, 5.74) is 4.62. The number of nitrogens with zero attached hydrogens (tertiary/aromatic N) is 2. The normalized spacial score (nSPS) is 10.7. The summed E-state index contributed by atoms with van der Waals surface area (Å²) in [5.74, 6) is 1.22. The van der Waals surface area contributed by atoms with Crippen LogP contribution in [0.25, 0.3) is 0 Å². The van der Waals surface area contributed by atoms with Crippen molar-refractivity contribution in [3.63, 3.8) is 0 Å². The van der Waals surface area contributed by atoms with E-state index in [1.807, 2.05) is 56.3 Å². The molecule has 0 aliphatic heterocycles. The van der Waals surface area contributed by atoms with Crippen LogP contribution in [-0.4, -0.2) is 22.5 Å². The highest BCUT2D eigenvalue weighted by molar-refractivity contribution is 7.99. The van der Waals surface area contributed by atoms with Crippen LogP contribution in [0.2, 0.25) is 0 Å². The fraction of sp³-hybridized carbons (Fsp3) is 0.179. The molecule has 0 spiro atoms. The van der Waals surface area contributed by atoms with Gasteiger partial charge in [0.25, 0.3) is 5.91 Å². The minimum absolute atomic E-state index is 0.274. The zero-order valence-electron chi connectivity index (χ0n) is 19.9. The molecule has 1 aromatic heterocycles. The number of rotatable bonds is 9. The Morgan fingerprint density at radius 1 is 0.971 bits per heavy atom. The molecule has 0 bridgehead atoms. The van der Waals surface area contributed by atoms with Crippen LogP contribution in [0, 0.1) is 13.8 Å². The largest absolute Gasteiger partial charge is 0.494 e. The highest BCUT2D eigenvalue weighted by atomic mass is 32.2. The fourth-order valence-electron chi connectivity index (χ4n) is 3.34. The molecule has 0 radical (unpaired) electrons. The standard InChI is InChI=1S/C28H27N3O2S2/c1-4-33-23-12-10-22(11-13-23)30-27(32)26-25(35-24-14-8-19(2)9-15-24)17-29-28(31-26)34-18-21-7-5-6-20(3)16-21/h5-17H,4,18H2,1-3H3,(H,30,32). The Morgan fingerprint density at radius 2 is 1.74 bits per heavy atom. The molecule has 0 aliphatic rings. The van der Waals surface area contributed by atoms with Gasteiger partial charge in [0.2, 0.25) is 0 Å². The molecule has 0 aliphatic carbocycles. The second-order valence-electron chi connectivity index (χ2n) is 7.97. The summed E-state index contributed by atoms with van der Waals surface area (Å²) in [6.45, 7) is 6.65. The topological polar surface area (TPSA) is 64.1 Å². The van der Waals surface area contributed by atoms with Gasteiger partial charge in [0.1, 0.15) is 11.4 Å². The van der Waals surface area contributed by atoms with E-state index in [1.165, 1.54) is 40.2 Å². The van der Waals surface area contributed by atoms with Gasteiger partial charge in [-0.25, -0.2) is 9.97 Å². The number of carbonyl (C=O) groups excluding carboxylic acids is 1. The Labute approximate surface area is 214 Å². The van der Waals surface area contributed by atoms with Gasteiger partial charge < -0.3 is 10.1 Å². The summed E-state index contributed by atoms with van der Waals surface area (Å²) in [6, 6.07) is 23.8. The Bertz CT molecular complexity index is 1290. The summed E-state index contributed by atoms with van der Waals surface area (Å²) in [6.07, 6.45) is 1.74. The Hall–Kier alpha value is -3.29. The van der Waals surface area contributed by atoms with E-state index in [-0.39, 0.29) is 5.91 Å². The number of aryl methyl sites for hydroxylation is 2. The van der Waals surface area contributed by atoms with Crippen LogP contribution in [-0.2, 0) is 5.75 Å². The first-order chi connectivity index (χ1) is 17.0. The smallest absolute Gasteiger partial charge is 0.275 e. The molecule has 5 nitrogen and oxygen atoms in total. The van der Waals surface area contributed by atoms with Gasteiger partial charge in [-0.1, -0.05) is 71.0 Å². The second-order valence-corrected chi connectivity index (χ2v) is 10.0. The minimum Gasteiger partial charge on any atom is -0.494 e. The molecule has 178 valence electrons. The summed E-state index contributed by atoms with van der Waals surface area (Å²) >= 11 is 3.00. The number of thioether (sulfide) groups is 1. The number of anilines is 1. The molecule has 4 rings (SSSR count). The van der Waals surface area contributed by atoms with Gasteiger partial charge >= 0.3 is 0 Å². The number of carbonyl (C=O) groups is 1. The van der Waals surface area contributed by atoms with Crippen LogP contribution >= 0.6 is 23.5 Å². The lowest BCUT2D eigenvalue weighted by atomic mass is 10.2. The van der Waals surface area contributed by atoms with Crippen molar-refractivity contribution in [3.8, 4) is 5.75 Å². The first-order valence-corrected chi connectivity index (χ1v) is 13.1. The lowest BCUT2D eigenvalue weighted by Crippen LogP contribution is -2.16. The zero-order valence-corrected chi connectivity index (χ0v) is 21.6. The lowest BCUT2D eigenvalue weighted by molar-refractivity contribution is 0.101. The molecular weight excluding hydrogens is 474 g/mol. The van der Waals surface area contributed by atoms with E-state index >= 15 is 0 Å². The van der Waals surface area contributed by atoms with Crippen LogP contribution in [0.4, 0.5) is 5.69 Å². The summed E-state index contributed by atoms with van der Waals surface area (Å²) in [4.78, 5) is 24.2. The molecule has 1 heterocycles. The maximum absolute atomic E-state index is 13.3. The molecular formula is C28H27N3O2S2. The van der Waals surface area contributed by atoms with Gasteiger partial charge in [0, 0.05) is 22.5 Å². The lowest BCUT2D eigenvalue weighted by Gasteiger charge is -2.11. The third-order valence-corrected chi connectivity index (χ3v) is 7.03. The van der Waals surface area contributed by atoms with Crippen molar-refractivity contribution in [1.82, 2.24) is 9.97 Å². The van der Waals surface area contributed by atoms with Crippen LogP contribution in [0.5, 0.6) is 5.75 Å². The maximum atomic E-state index is 13.3. The minimum atomic E-state index is -0.274. The van der Waals surface area contributed by atoms with Crippen LogP contribution in [0.15, 0.2) is 93.9 Å². The van der Waals surface area contributed by atoms with Crippen molar-refractivity contribution in [2.75, 3.05) is 11.9 Å². The first-order valence-electron chi connectivity index (χ1n) is 11.3. The molecule has 4 aromatic rings. The van der Waals surface area contributed by atoms with E-state index in [2.05, 4.69) is 52.5 Å². The third kappa shape index (κ3) is 7.10. The van der Waals surface area contributed by atoms with Gasteiger partial charge in [-0.05, 0) is 62.7 Å². The fourth-order valence-corrected chi connectivity index (χ4v) is 4.96. The third-order valence-electron chi connectivity index (χ3n) is 5.07. The monoisotopic (exact) mass is 501 g/mol. The SMILES string of the molecule is CCOc1ccc(NC(=O)c2nc(SCc3cccc(C)c3)ncc2Sc2ccc(C)cc2)cc1. The van der Waals surface area contributed by atoms with E-state index < -0.39 is 0 Å². The van der Waals surface area contributed by atoms with Gasteiger partial charge in [0.05, 0.1) is 11.5 Å². The van der Waals surface area contributed by atoms with E-state index in [1.54, 1.807) is 6.20 Å². The van der Waals surface area contributed by atoms with Gasteiger partial charge in [0.15, 0.2) is 5.16 Å². The van der Waals surface area contributed by atoms with E-state index in [4.69, 9.17) is 4.74 Å². The average Bonchev–Trinajstić information content (AvgIpc) is 2.86. The molecule has 1 amide bonds. The van der Waals surface area contributed by atoms with Gasteiger partial charge in [-0.3, -0.25) is 4.79 Å². The summed E-state index contributed by atoms with van der Waals surface area (Å²) in [5, 5.41) is 3.53. The number of aromatic nitrogens is 2. The van der Waals surface area contributed by atoms with Crippen LogP contribution in [0.1, 0.15) is 34.1 Å². The predicted molar refractivity (Wildman–Crippen MR) is 144 cm³/mol. The van der Waals surface area contributed by atoms with E-state index in [0.717, 1.165) is 16.4 Å². The molecule has 0 saturated heterocycles. The highest BCUT2D eigenvalue weighted by Gasteiger charge is 2.17. The Kier molecular flexibility index (Phi) is 8.45. The van der Waals surface area contributed by atoms with E-state index in [0.29, 0.717) is 28.0 Å². The Morgan fingerprint density at radius 3 is 2.46 bits per heavy atom. The number of hydrogen-bond donors (Lipinski definition) is 1. The number of amides is 1. The van der Waals surface area contributed by atoms with Crippen molar-refractivity contribution in [2.45, 2.75) is 41.5 Å². The van der Waals surface area contributed by atoms with Crippen LogP contribution in [0.3, 0.4) is 0 Å². The van der Waals surface area contributed by atoms with Crippen molar-refractivity contribution >= 4 is 35.1 Å². The van der Waals surface area contributed by atoms with Crippen molar-refractivity contribution in [1.29, 1.82) is 0 Å². The summed E-state index contributed by atoms with van der Waals surface area (Å²) in [7, 11) is 0. The van der Waals surface area contributed by atoms with Gasteiger partial charge in [-0.15, -0.1) is 0 Å². The predicted octanol–water partition coefficient (Wildman–Crippen LogP) is 7.19. The van der Waals surface area contributed by atoms with Crippen molar-refractivity contribution in [3.05, 3.63) is 101 Å². The molecule has 35 heavy (non-hydrogen) atoms. The van der Waals surface area contributed by atoms with Crippen molar-refractivity contribution in [2.24, 2.45) is 0 Å². The van der Waals surface area contributed by atoms with E-state index in [9.17, 15) is 4.79 Å². The molecule has 1 N–H and O–H groups in total. The molecule has 3 aromatic carbocycles. The Balaban J connectivity index is 1.57. The molecule has 0 unspecified atom stereocenters. The van der Waals surface area contributed by atoms with Gasteiger partial charge in [-0.2, -0.15) is 0 Å². The molecule has 7 heteroatoms. The van der Waals surface area contributed by atoms with Crippen LogP contribution < -0.4 is 10.1 Å². The number of benzene rings is 3.